The smallest absolute Gasteiger partial charge is 0.229 e. The number of pyridine rings is 2. The van der Waals surface area contributed by atoms with E-state index in [1.807, 2.05) is 18.5 Å². The number of hydrogen-bond acceptors (Lipinski definition) is 11. The van der Waals surface area contributed by atoms with Gasteiger partial charge in [-0.3, -0.25) is 14.6 Å². The van der Waals surface area contributed by atoms with E-state index in [0.29, 0.717) is 22.9 Å². The number of fused-ring (bicyclic) bond motifs is 1. The van der Waals surface area contributed by atoms with E-state index in [9.17, 15) is 8.42 Å². The molecule has 1 saturated carbocycles. The molecule has 3 fully saturated rings. The van der Waals surface area contributed by atoms with Gasteiger partial charge in [0.2, 0.25) is 21.9 Å². The number of rotatable bonds is 10. The third kappa shape index (κ3) is 8.21. The van der Waals surface area contributed by atoms with Gasteiger partial charge in [-0.2, -0.15) is 4.98 Å². The van der Waals surface area contributed by atoms with Crippen LogP contribution in [0.5, 0.6) is 5.88 Å². The highest BCUT2D eigenvalue weighted by Gasteiger charge is 2.25. The molecule has 5 heterocycles. The molecule has 2 aliphatic heterocycles. The van der Waals surface area contributed by atoms with Gasteiger partial charge in [0.25, 0.3) is 0 Å². The van der Waals surface area contributed by atoms with Gasteiger partial charge in [-0.15, -0.1) is 0 Å². The summed E-state index contributed by atoms with van der Waals surface area (Å²) in [7, 11) is -3.44. The van der Waals surface area contributed by atoms with Crippen molar-refractivity contribution in [2.75, 3.05) is 67.1 Å². The number of aromatic nitrogens is 4. The monoisotopic (exact) mass is 610 g/mol. The number of piperidine rings is 1. The van der Waals surface area contributed by atoms with Crippen molar-refractivity contribution in [3.05, 3.63) is 36.3 Å². The van der Waals surface area contributed by atoms with Crippen molar-refractivity contribution < 1.29 is 17.9 Å². The molecular weight excluding hydrogens is 568 g/mol. The van der Waals surface area contributed by atoms with Crippen molar-refractivity contribution in [1.29, 1.82) is 0 Å². The zero-order valence-corrected chi connectivity index (χ0v) is 25.7. The van der Waals surface area contributed by atoms with E-state index in [2.05, 4.69) is 34.8 Å². The predicted octanol–water partition coefficient (Wildman–Crippen LogP) is 3.46. The molecular formula is C30H42N8O4S. The molecule has 3 aliphatic rings. The zero-order valence-electron chi connectivity index (χ0n) is 24.9. The Kier molecular flexibility index (Phi) is 9.39. The van der Waals surface area contributed by atoms with E-state index in [1.165, 1.54) is 6.42 Å². The highest BCUT2D eigenvalue weighted by molar-refractivity contribution is 7.92. The Morgan fingerprint density at radius 3 is 2.42 bits per heavy atom. The van der Waals surface area contributed by atoms with Crippen LogP contribution in [0.15, 0.2) is 30.7 Å². The van der Waals surface area contributed by atoms with Gasteiger partial charge in [0.15, 0.2) is 0 Å². The lowest BCUT2D eigenvalue weighted by Gasteiger charge is -2.31. The third-order valence-electron chi connectivity index (χ3n) is 8.43. The molecule has 232 valence electrons. The van der Waals surface area contributed by atoms with Crippen LogP contribution in [0.25, 0.3) is 10.9 Å². The van der Waals surface area contributed by atoms with Crippen LogP contribution in [0, 0.1) is 0 Å². The highest BCUT2D eigenvalue weighted by Crippen LogP contribution is 2.33. The molecule has 2 saturated heterocycles. The Balaban J connectivity index is 1.08. The average molecular weight is 611 g/mol. The van der Waals surface area contributed by atoms with Crippen LogP contribution >= 0.6 is 0 Å². The highest BCUT2D eigenvalue weighted by atomic mass is 32.2. The van der Waals surface area contributed by atoms with E-state index in [-0.39, 0.29) is 12.1 Å². The van der Waals surface area contributed by atoms with Crippen molar-refractivity contribution in [2.45, 2.75) is 63.5 Å². The lowest BCUT2D eigenvalue weighted by molar-refractivity contribution is 0.0384. The van der Waals surface area contributed by atoms with Crippen LogP contribution in [0.1, 0.15) is 50.5 Å². The number of anilines is 3. The summed E-state index contributed by atoms with van der Waals surface area (Å²) < 4.78 is 38.2. The normalized spacial score (nSPS) is 21.9. The SMILES string of the molecule is CS(=O)(=O)Nc1cnc2cc(N3CCCCC3)nc(OC3CCC(Nc4ncc(CCN5CCOCC5)cn4)CC3)c2c1. The summed E-state index contributed by atoms with van der Waals surface area (Å²) >= 11 is 0. The van der Waals surface area contributed by atoms with Crippen LogP contribution in [-0.4, -0.2) is 97.6 Å². The summed E-state index contributed by atoms with van der Waals surface area (Å²) in [4.78, 5) is 23.4. The number of nitrogens with one attached hydrogen (secondary N) is 2. The van der Waals surface area contributed by atoms with Crippen molar-refractivity contribution in [3.63, 3.8) is 0 Å². The number of nitrogens with zero attached hydrogens (tertiary/aromatic N) is 6. The van der Waals surface area contributed by atoms with E-state index >= 15 is 0 Å². The van der Waals surface area contributed by atoms with Gasteiger partial charge in [-0.25, -0.2) is 18.4 Å². The quantitative estimate of drug-likeness (QED) is 0.349. The fraction of sp³-hybridized carbons (Fsp3) is 0.600. The molecule has 3 aromatic rings. The molecule has 0 unspecified atom stereocenters. The van der Waals surface area contributed by atoms with Gasteiger partial charge in [-0.05, 0) is 63.0 Å². The first-order valence-corrected chi connectivity index (χ1v) is 17.3. The van der Waals surface area contributed by atoms with Gasteiger partial charge in [0.05, 0.1) is 42.3 Å². The maximum absolute atomic E-state index is 11.9. The first-order chi connectivity index (χ1) is 20.9. The van der Waals surface area contributed by atoms with Crippen LogP contribution in [0.4, 0.5) is 17.5 Å². The van der Waals surface area contributed by atoms with Crippen LogP contribution in [-0.2, 0) is 21.2 Å². The average Bonchev–Trinajstić information content (AvgIpc) is 3.02. The van der Waals surface area contributed by atoms with Crippen LogP contribution in [0.2, 0.25) is 0 Å². The molecule has 6 rings (SSSR count). The zero-order chi connectivity index (χ0) is 29.6. The molecule has 0 amide bonds. The van der Waals surface area contributed by atoms with Gasteiger partial charge in [0.1, 0.15) is 11.9 Å². The van der Waals surface area contributed by atoms with Crippen molar-refractivity contribution >= 4 is 38.4 Å². The minimum Gasteiger partial charge on any atom is -0.474 e. The summed E-state index contributed by atoms with van der Waals surface area (Å²) in [6.07, 6.45) is 14.5. The molecule has 0 spiro atoms. The standard InChI is InChI=1S/C30H42N8O4S/c1-43(39,40)36-24-17-26-27(31-21-24)18-28(38-10-3-2-4-11-38)35-29(26)42-25-7-5-23(6-8-25)34-30-32-19-22(20-33-30)9-12-37-13-15-41-16-14-37/h17-21,23,25,36H,2-16H2,1H3,(H,32,33,34). The molecule has 1 aliphatic carbocycles. The molecule has 12 nitrogen and oxygen atoms in total. The number of morpholine rings is 1. The molecule has 0 radical (unpaired) electrons. The Morgan fingerprint density at radius 2 is 1.70 bits per heavy atom. The Morgan fingerprint density at radius 1 is 0.953 bits per heavy atom. The van der Waals surface area contributed by atoms with Gasteiger partial charge >= 0.3 is 0 Å². The minimum atomic E-state index is -3.44. The third-order valence-corrected chi connectivity index (χ3v) is 9.03. The lowest BCUT2D eigenvalue weighted by atomic mass is 9.93. The van der Waals surface area contributed by atoms with Crippen LogP contribution in [0.3, 0.4) is 0 Å². The predicted molar refractivity (Wildman–Crippen MR) is 167 cm³/mol. The fourth-order valence-electron chi connectivity index (χ4n) is 6.06. The van der Waals surface area contributed by atoms with Gasteiger partial charge in [0, 0.05) is 57.2 Å². The minimum absolute atomic E-state index is 0.000334. The van der Waals surface area contributed by atoms with E-state index in [0.717, 1.165) is 114 Å². The largest absolute Gasteiger partial charge is 0.474 e. The molecule has 13 heteroatoms. The summed E-state index contributed by atoms with van der Waals surface area (Å²) in [5.74, 6) is 2.04. The first-order valence-electron chi connectivity index (χ1n) is 15.5. The summed E-state index contributed by atoms with van der Waals surface area (Å²) in [6, 6.07) is 4.02. The molecule has 3 aromatic heterocycles. The summed E-state index contributed by atoms with van der Waals surface area (Å²) in [5.41, 5.74) is 2.28. The van der Waals surface area contributed by atoms with Crippen molar-refractivity contribution in [2.24, 2.45) is 0 Å². The Bertz CT molecular complexity index is 1470. The summed E-state index contributed by atoms with van der Waals surface area (Å²) in [6.45, 7) is 6.51. The molecule has 43 heavy (non-hydrogen) atoms. The maximum Gasteiger partial charge on any atom is 0.229 e. The van der Waals surface area contributed by atoms with Crippen molar-refractivity contribution in [1.82, 2.24) is 24.8 Å². The van der Waals surface area contributed by atoms with Crippen LogP contribution < -0.4 is 19.7 Å². The second-order valence-corrected chi connectivity index (χ2v) is 13.6. The second-order valence-electron chi connectivity index (χ2n) is 11.9. The van der Waals surface area contributed by atoms with E-state index < -0.39 is 10.0 Å². The lowest BCUT2D eigenvalue weighted by Crippen LogP contribution is -2.37. The number of hydrogen-bond donors (Lipinski definition) is 2. The van der Waals surface area contributed by atoms with Gasteiger partial charge in [-0.1, -0.05) is 0 Å². The maximum atomic E-state index is 11.9. The topological polar surface area (TPSA) is 135 Å². The Hall–Kier alpha value is -3.29. The fourth-order valence-corrected chi connectivity index (χ4v) is 6.60. The van der Waals surface area contributed by atoms with Gasteiger partial charge < -0.3 is 19.7 Å². The Labute approximate surface area is 253 Å². The number of ether oxygens (including phenoxy) is 2. The molecule has 0 bridgehead atoms. The molecule has 0 atom stereocenters. The molecule has 0 aromatic carbocycles. The summed E-state index contributed by atoms with van der Waals surface area (Å²) in [5, 5.41) is 4.21. The van der Waals surface area contributed by atoms with E-state index in [1.54, 1.807) is 12.3 Å². The second kappa shape index (κ2) is 13.6. The molecule has 2 N–H and O–H groups in total. The van der Waals surface area contributed by atoms with E-state index in [4.69, 9.17) is 14.5 Å². The number of sulfonamides is 1. The first kappa shape index (κ1) is 29.8. The van der Waals surface area contributed by atoms with Crippen molar-refractivity contribution in [3.8, 4) is 5.88 Å².